The quantitative estimate of drug-likeness (QED) is 0.914. The van der Waals surface area contributed by atoms with E-state index < -0.39 is 0 Å². The van der Waals surface area contributed by atoms with Crippen LogP contribution in [-0.2, 0) is 12.0 Å². The van der Waals surface area contributed by atoms with Crippen LogP contribution in [0.2, 0.25) is 0 Å². The third-order valence-corrected chi connectivity index (χ3v) is 3.25. The van der Waals surface area contributed by atoms with Gasteiger partial charge in [0.05, 0.1) is 18.2 Å². The van der Waals surface area contributed by atoms with Crippen molar-refractivity contribution in [3.05, 3.63) is 42.4 Å². The van der Waals surface area contributed by atoms with Crippen molar-refractivity contribution >= 4 is 0 Å². The Hall–Kier alpha value is -1.61. The molecule has 2 aromatic rings. The van der Waals surface area contributed by atoms with Gasteiger partial charge in [-0.05, 0) is 51.8 Å². The largest absolute Gasteiger partial charge is 0.330 e. The van der Waals surface area contributed by atoms with Crippen molar-refractivity contribution < 1.29 is 0 Å². The Kier molecular flexibility index (Phi) is 4.05. The molecule has 3 heteroatoms. The summed E-state index contributed by atoms with van der Waals surface area (Å²) in [4.78, 5) is 4.30. The highest BCUT2D eigenvalue weighted by molar-refractivity contribution is 5.60. The molecule has 0 fully saturated rings. The first-order chi connectivity index (χ1) is 9.02. The van der Waals surface area contributed by atoms with Crippen LogP contribution in [0.1, 0.15) is 32.8 Å². The molecule has 0 radical (unpaired) electrons. The zero-order chi connectivity index (χ0) is 13.9. The fraction of sp³-hybridized carbons (Fsp3) is 0.438. The second-order valence-corrected chi connectivity index (χ2v) is 5.91. The second kappa shape index (κ2) is 5.57. The van der Waals surface area contributed by atoms with Gasteiger partial charge < -0.3 is 10.3 Å². The standard InChI is InChI=1S/C16H23N3/c1-16(2,3)19-12-18-11-15(19)14-8-4-6-13(10-14)7-5-9-17/h4,6,8,10-12H,5,7,9,17H2,1-3H3. The van der Waals surface area contributed by atoms with Crippen molar-refractivity contribution in [3.8, 4) is 11.3 Å². The van der Waals surface area contributed by atoms with E-state index in [1.807, 2.05) is 12.5 Å². The van der Waals surface area contributed by atoms with Gasteiger partial charge in [-0.3, -0.25) is 0 Å². The molecule has 1 heterocycles. The number of nitrogens with zero attached hydrogens (tertiary/aromatic N) is 2. The normalized spacial score (nSPS) is 11.8. The van der Waals surface area contributed by atoms with Crippen LogP contribution in [0.25, 0.3) is 11.3 Å². The van der Waals surface area contributed by atoms with E-state index in [0.29, 0.717) is 0 Å². The van der Waals surface area contributed by atoms with Gasteiger partial charge in [-0.15, -0.1) is 0 Å². The molecule has 0 saturated heterocycles. The van der Waals surface area contributed by atoms with E-state index in [1.165, 1.54) is 16.8 Å². The van der Waals surface area contributed by atoms with Gasteiger partial charge in [0.15, 0.2) is 0 Å². The number of benzene rings is 1. The summed E-state index contributed by atoms with van der Waals surface area (Å²) in [6, 6.07) is 8.66. The fourth-order valence-electron chi connectivity index (χ4n) is 2.24. The summed E-state index contributed by atoms with van der Waals surface area (Å²) in [6.07, 6.45) is 5.91. The summed E-state index contributed by atoms with van der Waals surface area (Å²) in [5.41, 5.74) is 9.35. The van der Waals surface area contributed by atoms with Crippen LogP contribution < -0.4 is 5.73 Å². The van der Waals surface area contributed by atoms with Crippen molar-refractivity contribution in [2.75, 3.05) is 6.54 Å². The molecule has 0 atom stereocenters. The maximum atomic E-state index is 5.58. The summed E-state index contributed by atoms with van der Waals surface area (Å²) in [7, 11) is 0. The van der Waals surface area contributed by atoms with Crippen molar-refractivity contribution in [3.63, 3.8) is 0 Å². The first-order valence-corrected chi connectivity index (χ1v) is 6.84. The molecular formula is C16H23N3. The van der Waals surface area contributed by atoms with Gasteiger partial charge in [0, 0.05) is 11.1 Å². The zero-order valence-corrected chi connectivity index (χ0v) is 12.1. The maximum Gasteiger partial charge on any atom is 0.0955 e. The van der Waals surface area contributed by atoms with Gasteiger partial charge >= 0.3 is 0 Å². The molecule has 2 rings (SSSR count). The lowest BCUT2D eigenvalue weighted by Crippen LogP contribution is -2.21. The zero-order valence-electron chi connectivity index (χ0n) is 12.1. The Morgan fingerprint density at radius 3 is 2.74 bits per heavy atom. The SMILES string of the molecule is CC(C)(C)n1cncc1-c1cccc(CCCN)c1. The molecule has 2 N–H and O–H groups in total. The maximum absolute atomic E-state index is 5.58. The van der Waals surface area contributed by atoms with Gasteiger partial charge in [0.1, 0.15) is 0 Å². The van der Waals surface area contributed by atoms with Crippen LogP contribution in [-0.4, -0.2) is 16.1 Å². The molecule has 3 nitrogen and oxygen atoms in total. The summed E-state index contributed by atoms with van der Waals surface area (Å²) in [5, 5.41) is 0. The lowest BCUT2D eigenvalue weighted by molar-refractivity contribution is 0.400. The number of aryl methyl sites for hydroxylation is 1. The molecule has 1 aromatic carbocycles. The van der Waals surface area contributed by atoms with Crippen molar-refractivity contribution in [2.24, 2.45) is 5.73 Å². The Morgan fingerprint density at radius 2 is 2.05 bits per heavy atom. The third kappa shape index (κ3) is 3.24. The Balaban J connectivity index is 2.34. The molecule has 0 aliphatic carbocycles. The number of nitrogens with two attached hydrogens (primary N) is 1. The van der Waals surface area contributed by atoms with Crippen LogP contribution in [0.5, 0.6) is 0 Å². The Bertz CT molecular complexity index is 535. The van der Waals surface area contributed by atoms with Gasteiger partial charge in [0.25, 0.3) is 0 Å². The number of hydrogen-bond acceptors (Lipinski definition) is 2. The summed E-state index contributed by atoms with van der Waals surface area (Å²) >= 11 is 0. The number of rotatable bonds is 4. The minimum Gasteiger partial charge on any atom is -0.330 e. The number of imidazole rings is 1. The molecule has 0 bridgehead atoms. The van der Waals surface area contributed by atoms with Gasteiger partial charge in [0.2, 0.25) is 0 Å². The second-order valence-electron chi connectivity index (χ2n) is 5.91. The van der Waals surface area contributed by atoms with E-state index in [-0.39, 0.29) is 5.54 Å². The van der Waals surface area contributed by atoms with Gasteiger partial charge in [-0.25, -0.2) is 4.98 Å². The van der Waals surface area contributed by atoms with E-state index in [1.54, 1.807) is 0 Å². The van der Waals surface area contributed by atoms with Crippen LogP contribution in [0.3, 0.4) is 0 Å². The monoisotopic (exact) mass is 257 g/mol. The van der Waals surface area contributed by atoms with E-state index in [2.05, 4.69) is 54.6 Å². The third-order valence-electron chi connectivity index (χ3n) is 3.25. The summed E-state index contributed by atoms with van der Waals surface area (Å²) < 4.78 is 2.22. The van der Waals surface area contributed by atoms with Crippen LogP contribution in [0.4, 0.5) is 0 Å². The van der Waals surface area contributed by atoms with E-state index in [9.17, 15) is 0 Å². The molecule has 0 aliphatic heterocycles. The van der Waals surface area contributed by atoms with Crippen molar-refractivity contribution in [1.82, 2.24) is 9.55 Å². The highest BCUT2D eigenvalue weighted by Gasteiger charge is 2.17. The summed E-state index contributed by atoms with van der Waals surface area (Å²) in [5.74, 6) is 0. The average Bonchev–Trinajstić information content (AvgIpc) is 2.86. The van der Waals surface area contributed by atoms with Crippen molar-refractivity contribution in [1.29, 1.82) is 0 Å². The Morgan fingerprint density at radius 1 is 1.26 bits per heavy atom. The molecular weight excluding hydrogens is 234 g/mol. The predicted molar refractivity (Wildman–Crippen MR) is 80.0 cm³/mol. The topological polar surface area (TPSA) is 43.8 Å². The lowest BCUT2D eigenvalue weighted by Gasteiger charge is -2.23. The smallest absolute Gasteiger partial charge is 0.0955 e. The first-order valence-electron chi connectivity index (χ1n) is 6.84. The highest BCUT2D eigenvalue weighted by atomic mass is 15.1. The highest BCUT2D eigenvalue weighted by Crippen LogP contribution is 2.26. The van der Waals surface area contributed by atoms with Crippen LogP contribution >= 0.6 is 0 Å². The fourth-order valence-corrected chi connectivity index (χ4v) is 2.24. The van der Waals surface area contributed by atoms with Crippen LogP contribution in [0, 0.1) is 0 Å². The molecule has 0 spiro atoms. The van der Waals surface area contributed by atoms with Crippen molar-refractivity contribution in [2.45, 2.75) is 39.2 Å². The van der Waals surface area contributed by atoms with E-state index in [0.717, 1.165) is 19.4 Å². The van der Waals surface area contributed by atoms with Gasteiger partial charge in [-0.1, -0.05) is 18.2 Å². The molecule has 102 valence electrons. The lowest BCUT2D eigenvalue weighted by atomic mass is 10.0. The number of aromatic nitrogens is 2. The number of hydrogen-bond donors (Lipinski definition) is 1. The first kappa shape index (κ1) is 13.8. The molecule has 0 unspecified atom stereocenters. The predicted octanol–water partition coefficient (Wildman–Crippen LogP) is 3.20. The molecule has 1 aromatic heterocycles. The molecule has 19 heavy (non-hydrogen) atoms. The molecule has 0 saturated carbocycles. The Labute approximate surface area is 115 Å². The van der Waals surface area contributed by atoms with Crippen LogP contribution in [0.15, 0.2) is 36.8 Å². The van der Waals surface area contributed by atoms with E-state index in [4.69, 9.17) is 5.73 Å². The average molecular weight is 257 g/mol. The van der Waals surface area contributed by atoms with E-state index >= 15 is 0 Å². The summed E-state index contributed by atoms with van der Waals surface area (Å²) in [6.45, 7) is 7.31. The minimum atomic E-state index is 0.0408. The minimum absolute atomic E-state index is 0.0408. The molecule has 0 amide bonds. The molecule has 0 aliphatic rings. The van der Waals surface area contributed by atoms with Gasteiger partial charge in [-0.2, -0.15) is 0 Å².